The van der Waals surface area contributed by atoms with E-state index < -0.39 is 0 Å². The Morgan fingerprint density at radius 3 is 2.53 bits per heavy atom. The Labute approximate surface area is 104 Å². The minimum atomic E-state index is -0.326. The van der Waals surface area contributed by atoms with E-state index in [1.165, 1.54) is 6.07 Å². The Morgan fingerprint density at radius 2 is 1.94 bits per heavy atom. The Hall–Kier alpha value is -1.09. The number of anilines is 1. The molecule has 0 spiro atoms. The molecule has 0 saturated carbocycles. The average molecular weight is 238 g/mol. The van der Waals surface area contributed by atoms with Gasteiger partial charge in [-0.25, -0.2) is 4.39 Å². The highest BCUT2D eigenvalue weighted by Crippen LogP contribution is 2.19. The fourth-order valence-corrected chi connectivity index (χ4v) is 2.01. The lowest BCUT2D eigenvalue weighted by Crippen LogP contribution is -2.30. The molecule has 0 aliphatic heterocycles. The molecule has 96 valence electrons. The molecule has 0 amide bonds. The first kappa shape index (κ1) is 14.0. The summed E-state index contributed by atoms with van der Waals surface area (Å²) in [6, 6.07) is 5.47. The van der Waals surface area contributed by atoms with Crippen molar-refractivity contribution < 1.29 is 4.39 Å². The third-order valence-electron chi connectivity index (χ3n) is 3.13. The number of hydrogen-bond donors (Lipinski definition) is 1. The molecule has 3 heteroatoms. The molecule has 2 N–H and O–H groups in total. The van der Waals surface area contributed by atoms with E-state index in [-0.39, 0.29) is 11.5 Å². The minimum Gasteiger partial charge on any atom is -0.396 e. The molecular formula is C14H23FN2. The van der Waals surface area contributed by atoms with Crippen LogP contribution in [0.5, 0.6) is 0 Å². The number of para-hydroxylation sites is 1. The summed E-state index contributed by atoms with van der Waals surface area (Å²) in [6.07, 6.45) is 1.13. The summed E-state index contributed by atoms with van der Waals surface area (Å²) >= 11 is 0. The Morgan fingerprint density at radius 1 is 1.29 bits per heavy atom. The number of nitrogens with zero attached hydrogens (tertiary/aromatic N) is 1. The van der Waals surface area contributed by atoms with Gasteiger partial charge in [0, 0.05) is 12.6 Å². The molecule has 1 rings (SSSR count). The number of nitrogen functional groups attached to an aromatic ring is 1. The summed E-state index contributed by atoms with van der Waals surface area (Å²) in [4.78, 5) is 2.21. The normalized spacial score (nSPS) is 13.4. The van der Waals surface area contributed by atoms with Gasteiger partial charge in [-0.05, 0) is 37.9 Å². The first-order chi connectivity index (χ1) is 7.91. The van der Waals surface area contributed by atoms with Gasteiger partial charge in [0.15, 0.2) is 0 Å². The van der Waals surface area contributed by atoms with Gasteiger partial charge in [0.2, 0.25) is 0 Å². The van der Waals surface area contributed by atoms with Gasteiger partial charge in [-0.3, -0.25) is 4.90 Å². The summed E-state index contributed by atoms with van der Waals surface area (Å²) in [5.41, 5.74) is 6.87. The first-order valence-electron chi connectivity index (χ1n) is 6.15. The molecule has 0 saturated heterocycles. The highest BCUT2D eigenvalue weighted by molar-refractivity contribution is 5.47. The van der Waals surface area contributed by atoms with Crippen LogP contribution in [0.4, 0.5) is 10.1 Å². The summed E-state index contributed by atoms with van der Waals surface area (Å²) in [5.74, 6) is 0.338. The van der Waals surface area contributed by atoms with Crippen LogP contribution in [0.1, 0.15) is 32.8 Å². The van der Waals surface area contributed by atoms with Crippen molar-refractivity contribution >= 4 is 5.69 Å². The Bertz CT molecular complexity index is 363. The highest BCUT2D eigenvalue weighted by atomic mass is 19.1. The smallest absolute Gasteiger partial charge is 0.146 e. The topological polar surface area (TPSA) is 29.3 Å². The monoisotopic (exact) mass is 238 g/mol. The standard InChI is InChI=1S/C14H23FN2/c1-10(2)8-11(3)17(4)9-12-6-5-7-13(15)14(12)16/h5-7,10-11H,8-9,16H2,1-4H3. The molecule has 1 atom stereocenters. The molecule has 2 nitrogen and oxygen atoms in total. The third kappa shape index (κ3) is 4.00. The Balaban J connectivity index is 2.67. The lowest BCUT2D eigenvalue weighted by atomic mass is 10.0. The summed E-state index contributed by atoms with van der Waals surface area (Å²) in [6.45, 7) is 7.30. The van der Waals surface area contributed by atoms with Gasteiger partial charge in [-0.2, -0.15) is 0 Å². The van der Waals surface area contributed by atoms with Gasteiger partial charge in [0.1, 0.15) is 5.82 Å². The largest absolute Gasteiger partial charge is 0.396 e. The maximum absolute atomic E-state index is 13.3. The molecule has 1 unspecified atom stereocenters. The van der Waals surface area contributed by atoms with Crippen molar-refractivity contribution in [1.29, 1.82) is 0 Å². The fraction of sp³-hybridized carbons (Fsp3) is 0.571. The molecule has 0 aliphatic rings. The van der Waals surface area contributed by atoms with E-state index in [0.29, 0.717) is 18.5 Å². The minimum absolute atomic E-state index is 0.274. The number of nitrogens with two attached hydrogens (primary N) is 1. The fourth-order valence-electron chi connectivity index (χ4n) is 2.01. The van der Waals surface area contributed by atoms with Crippen molar-refractivity contribution in [3.05, 3.63) is 29.6 Å². The molecule has 0 aliphatic carbocycles. The quantitative estimate of drug-likeness (QED) is 0.798. The number of rotatable bonds is 5. The average Bonchev–Trinajstić information content (AvgIpc) is 2.23. The molecule has 0 aromatic heterocycles. The van der Waals surface area contributed by atoms with E-state index in [0.717, 1.165) is 12.0 Å². The van der Waals surface area contributed by atoms with E-state index in [9.17, 15) is 4.39 Å². The van der Waals surface area contributed by atoms with Crippen molar-refractivity contribution in [3.8, 4) is 0 Å². The molecule has 17 heavy (non-hydrogen) atoms. The van der Waals surface area contributed by atoms with Gasteiger partial charge in [0.05, 0.1) is 5.69 Å². The van der Waals surface area contributed by atoms with Crippen molar-refractivity contribution in [2.24, 2.45) is 5.92 Å². The maximum atomic E-state index is 13.3. The second kappa shape index (κ2) is 6.01. The van der Waals surface area contributed by atoms with Gasteiger partial charge < -0.3 is 5.73 Å². The van der Waals surface area contributed by atoms with Crippen LogP contribution in [0.15, 0.2) is 18.2 Å². The molecule has 0 radical (unpaired) electrons. The highest BCUT2D eigenvalue weighted by Gasteiger charge is 2.13. The lowest BCUT2D eigenvalue weighted by Gasteiger charge is -2.26. The summed E-state index contributed by atoms with van der Waals surface area (Å²) < 4.78 is 13.3. The molecule has 1 aromatic carbocycles. The molecular weight excluding hydrogens is 215 g/mol. The number of hydrogen-bond acceptors (Lipinski definition) is 2. The van der Waals surface area contributed by atoms with Crippen LogP contribution in [-0.4, -0.2) is 18.0 Å². The third-order valence-corrected chi connectivity index (χ3v) is 3.13. The van der Waals surface area contributed by atoms with Crippen LogP contribution in [0, 0.1) is 11.7 Å². The zero-order valence-electron chi connectivity index (χ0n) is 11.2. The SMILES string of the molecule is CC(C)CC(C)N(C)Cc1cccc(F)c1N. The van der Waals surface area contributed by atoms with Gasteiger partial charge in [-0.15, -0.1) is 0 Å². The molecule has 0 heterocycles. The second-order valence-electron chi connectivity index (χ2n) is 5.21. The zero-order chi connectivity index (χ0) is 13.0. The van der Waals surface area contributed by atoms with Crippen LogP contribution < -0.4 is 5.73 Å². The van der Waals surface area contributed by atoms with Crippen molar-refractivity contribution in [2.75, 3.05) is 12.8 Å². The van der Waals surface area contributed by atoms with E-state index in [2.05, 4.69) is 32.7 Å². The van der Waals surface area contributed by atoms with Gasteiger partial charge in [-0.1, -0.05) is 26.0 Å². The van der Waals surface area contributed by atoms with Crippen LogP contribution in [0.2, 0.25) is 0 Å². The maximum Gasteiger partial charge on any atom is 0.146 e. The van der Waals surface area contributed by atoms with E-state index in [1.807, 2.05) is 6.07 Å². The van der Waals surface area contributed by atoms with Crippen molar-refractivity contribution in [2.45, 2.75) is 39.8 Å². The second-order valence-corrected chi connectivity index (χ2v) is 5.21. The van der Waals surface area contributed by atoms with Gasteiger partial charge in [0.25, 0.3) is 0 Å². The van der Waals surface area contributed by atoms with Crippen LogP contribution in [0.3, 0.4) is 0 Å². The van der Waals surface area contributed by atoms with E-state index >= 15 is 0 Å². The predicted octanol–water partition coefficient (Wildman–Crippen LogP) is 3.27. The lowest BCUT2D eigenvalue weighted by molar-refractivity contribution is 0.221. The molecule has 1 aromatic rings. The molecule has 0 fully saturated rings. The van der Waals surface area contributed by atoms with Crippen LogP contribution in [-0.2, 0) is 6.54 Å². The first-order valence-corrected chi connectivity index (χ1v) is 6.15. The van der Waals surface area contributed by atoms with Gasteiger partial charge >= 0.3 is 0 Å². The van der Waals surface area contributed by atoms with Crippen LogP contribution >= 0.6 is 0 Å². The zero-order valence-corrected chi connectivity index (χ0v) is 11.2. The number of halogens is 1. The van der Waals surface area contributed by atoms with Crippen LogP contribution in [0.25, 0.3) is 0 Å². The van der Waals surface area contributed by atoms with E-state index in [1.54, 1.807) is 6.07 Å². The van der Waals surface area contributed by atoms with Crippen molar-refractivity contribution in [1.82, 2.24) is 4.90 Å². The molecule has 0 bridgehead atoms. The van der Waals surface area contributed by atoms with E-state index in [4.69, 9.17) is 5.73 Å². The van der Waals surface area contributed by atoms with Crippen molar-refractivity contribution in [3.63, 3.8) is 0 Å². The summed E-state index contributed by atoms with van der Waals surface area (Å²) in [7, 11) is 2.05. The predicted molar refractivity (Wildman–Crippen MR) is 71.2 cm³/mol. The summed E-state index contributed by atoms with van der Waals surface area (Å²) in [5, 5.41) is 0. The number of benzene rings is 1. The Kier molecular flexibility index (Phi) is 4.94.